The van der Waals surface area contributed by atoms with Crippen LogP contribution < -0.4 is 5.32 Å². The van der Waals surface area contributed by atoms with E-state index in [1.165, 1.54) is 0 Å². The molecule has 0 bridgehead atoms. The lowest BCUT2D eigenvalue weighted by Gasteiger charge is -2.19. The number of hydrogen-bond donors (Lipinski definition) is 2. The van der Waals surface area contributed by atoms with E-state index in [0.29, 0.717) is 16.3 Å². The number of carboxylic acid groups (broad SMARTS) is 1. The lowest BCUT2D eigenvalue weighted by Crippen LogP contribution is -2.32. The lowest BCUT2D eigenvalue weighted by molar-refractivity contribution is -0.137. The summed E-state index contributed by atoms with van der Waals surface area (Å²) >= 11 is 5.89. The van der Waals surface area contributed by atoms with Crippen LogP contribution in [0.5, 0.6) is 0 Å². The number of benzene rings is 1. The molecule has 0 radical (unpaired) electrons. The maximum Gasteiger partial charge on any atom is 0.305 e. The molecule has 25 heavy (non-hydrogen) atoms. The second-order valence-electron chi connectivity index (χ2n) is 6.27. The first-order valence-electron chi connectivity index (χ1n) is 8.36. The Bertz CT molecular complexity index is 751. The van der Waals surface area contributed by atoms with Crippen molar-refractivity contribution in [2.75, 3.05) is 0 Å². The molecule has 1 fully saturated rings. The number of hydrogen-bond acceptors (Lipinski definition) is 3. The van der Waals surface area contributed by atoms with Crippen LogP contribution in [0.25, 0.3) is 0 Å². The Morgan fingerprint density at radius 2 is 1.92 bits per heavy atom. The van der Waals surface area contributed by atoms with Crippen molar-refractivity contribution in [3.8, 4) is 0 Å². The van der Waals surface area contributed by atoms with E-state index >= 15 is 0 Å². The van der Waals surface area contributed by atoms with Crippen molar-refractivity contribution in [2.45, 2.75) is 44.2 Å². The van der Waals surface area contributed by atoms with E-state index in [1.807, 2.05) is 0 Å². The van der Waals surface area contributed by atoms with Crippen molar-refractivity contribution in [3.63, 3.8) is 0 Å². The van der Waals surface area contributed by atoms with Gasteiger partial charge in [-0.25, -0.2) is 0 Å². The molecule has 1 aliphatic rings. The summed E-state index contributed by atoms with van der Waals surface area (Å²) in [6.45, 7) is 0. The Morgan fingerprint density at radius 1 is 1.24 bits per heavy atom. The summed E-state index contributed by atoms with van der Waals surface area (Å²) in [5.41, 5.74) is 1.17. The lowest BCUT2D eigenvalue weighted by atomic mass is 10.0. The molecule has 1 atom stereocenters. The standard InChI is InChI=1S/C18H20ClN3O3/c19-13-7-5-12(6-8-13)15(11-17(23)24)21-18(25)16-9-10-20-22(16)14-3-1-2-4-14/h5-10,14-15H,1-4,11H2,(H,21,25)(H,23,24)/t15-/m0/s1. The van der Waals surface area contributed by atoms with E-state index in [0.717, 1.165) is 25.7 Å². The first-order chi connectivity index (χ1) is 12.0. The maximum absolute atomic E-state index is 12.7. The van der Waals surface area contributed by atoms with Gasteiger partial charge in [0.15, 0.2) is 0 Å². The Morgan fingerprint density at radius 3 is 2.56 bits per heavy atom. The minimum absolute atomic E-state index is 0.203. The molecule has 0 aliphatic heterocycles. The topological polar surface area (TPSA) is 84.2 Å². The summed E-state index contributed by atoms with van der Waals surface area (Å²) < 4.78 is 1.77. The quantitative estimate of drug-likeness (QED) is 0.823. The monoisotopic (exact) mass is 361 g/mol. The van der Waals surface area contributed by atoms with Crippen molar-refractivity contribution in [1.82, 2.24) is 15.1 Å². The number of amides is 1. The van der Waals surface area contributed by atoms with Gasteiger partial charge in [-0.15, -0.1) is 0 Å². The van der Waals surface area contributed by atoms with E-state index < -0.39 is 12.0 Å². The van der Waals surface area contributed by atoms with Gasteiger partial charge >= 0.3 is 5.97 Å². The van der Waals surface area contributed by atoms with Crippen LogP contribution in [0.3, 0.4) is 0 Å². The summed E-state index contributed by atoms with van der Waals surface area (Å²) in [7, 11) is 0. The average Bonchev–Trinajstić information content (AvgIpc) is 3.25. The van der Waals surface area contributed by atoms with Gasteiger partial charge in [0, 0.05) is 11.2 Å². The zero-order chi connectivity index (χ0) is 17.8. The highest BCUT2D eigenvalue weighted by atomic mass is 35.5. The fourth-order valence-electron chi connectivity index (χ4n) is 3.29. The zero-order valence-corrected chi connectivity index (χ0v) is 14.4. The van der Waals surface area contributed by atoms with Crippen molar-refractivity contribution < 1.29 is 14.7 Å². The van der Waals surface area contributed by atoms with Crippen LogP contribution >= 0.6 is 11.6 Å². The number of aromatic nitrogens is 2. The Kier molecular flexibility index (Phi) is 5.38. The molecular formula is C18H20ClN3O3. The van der Waals surface area contributed by atoms with Gasteiger partial charge in [0.05, 0.1) is 18.5 Å². The second kappa shape index (κ2) is 7.70. The van der Waals surface area contributed by atoms with Gasteiger partial charge < -0.3 is 10.4 Å². The molecule has 2 aromatic rings. The smallest absolute Gasteiger partial charge is 0.305 e. The molecule has 132 valence electrons. The summed E-state index contributed by atoms with van der Waals surface area (Å²) in [6, 6.07) is 8.10. The normalized spacial score (nSPS) is 15.9. The maximum atomic E-state index is 12.7. The van der Waals surface area contributed by atoms with Crippen LogP contribution in [0.1, 0.15) is 60.2 Å². The van der Waals surface area contributed by atoms with E-state index in [2.05, 4.69) is 10.4 Å². The van der Waals surface area contributed by atoms with Gasteiger partial charge in [0.1, 0.15) is 5.69 Å². The number of nitrogens with zero attached hydrogens (tertiary/aromatic N) is 2. The van der Waals surface area contributed by atoms with Gasteiger partial charge in [0.25, 0.3) is 5.91 Å². The van der Waals surface area contributed by atoms with E-state index in [-0.39, 0.29) is 18.4 Å². The Hall–Kier alpha value is -2.34. The van der Waals surface area contributed by atoms with Crippen LogP contribution in [0.4, 0.5) is 0 Å². The summed E-state index contributed by atoms with van der Waals surface area (Å²) in [6.07, 6.45) is 5.71. The third-order valence-corrected chi connectivity index (χ3v) is 4.78. The third kappa shape index (κ3) is 4.20. The fraction of sp³-hybridized carbons (Fsp3) is 0.389. The highest BCUT2D eigenvalue weighted by Gasteiger charge is 2.25. The number of carbonyl (C=O) groups excluding carboxylic acids is 1. The van der Waals surface area contributed by atoms with Crippen molar-refractivity contribution in [3.05, 3.63) is 52.8 Å². The van der Waals surface area contributed by atoms with Crippen LogP contribution in [0.15, 0.2) is 36.5 Å². The van der Waals surface area contributed by atoms with Gasteiger partial charge in [0.2, 0.25) is 0 Å². The first-order valence-corrected chi connectivity index (χ1v) is 8.74. The minimum atomic E-state index is -0.982. The molecule has 1 heterocycles. The molecule has 1 amide bonds. The molecular weight excluding hydrogens is 342 g/mol. The molecule has 1 aromatic heterocycles. The van der Waals surface area contributed by atoms with Gasteiger partial charge in [-0.2, -0.15) is 5.10 Å². The highest BCUT2D eigenvalue weighted by Crippen LogP contribution is 2.30. The summed E-state index contributed by atoms with van der Waals surface area (Å²) in [4.78, 5) is 23.9. The zero-order valence-electron chi connectivity index (χ0n) is 13.7. The Labute approximate surface area is 150 Å². The number of rotatable bonds is 6. The molecule has 6 nitrogen and oxygen atoms in total. The average molecular weight is 362 g/mol. The van der Waals surface area contributed by atoms with Crippen molar-refractivity contribution >= 4 is 23.5 Å². The molecule has 1 saturated carbocycles. The molecule has 3 rings (SSSR count). The Balaban J connectivity index is 1.79. The first kappa shape index (κ1) is 17.5. The molecule has 1 aromatic carbocycles. The molecule has 0 saturated heterocycles. The van der Waals surface area contributed by atoms with Gasteiger partial charge in [-0.1, -0.05) is 36.6 Å². The minimum Gasteiger partial charge on any atom is -0.481 e. The third-order valence-electron chi connectivity index (χ3n) is 4.53. The van der Waals surface area contributed by atoms with Crippen LogP contribution in [-0.4, -0.2) is 26.8 Å². The van der Waals surface area contributed by atoms with Gasteiger partial charge in [-0.3, -0.25) is 14.3 Å². The van der Waals surface area contributed by atoms with Crippen molar-refractivity contribution in [2.24, 2.45) is 0 Å². The molecule has 0 unspecified atom stereocenters. The number of carbonyl (C=O) groups is 2. The largest absolute Gasteiger partial charge is 0.481 e. The van der Waals surface area contributed by atoms with Crippen LogP contribution in [-0.2, 0) is 4.79 Å². The van der Waals surface area contributed by atoms with E-state index in [9.17, 15) is 14.7 Å². The molecule has 0 spiro atoms. The highest BCUT2D eigenvalue weighted by molar-refractivity contribution is 6.30. The molecule has 1 aliphatic carbocycles. The van der Waals surface area contributed by atoms with Crippen LogP contribution in [0.2, 0.25) is 5.02 Å². The number of nitrogens with one attached hydrogen (secondary N) is 1. The number of carboxylic acids is 1. The second-order valence-corrected chi connectivity index (χ2v) is 6.71. The summed E-state index contributed by atoms with van der Waals surface area (Å²) in [5.74, 6) is -1.30. The summed E-state index contributed by atoms with van der Waals surface area (Å²) in [5, 5.41) is 16.9. The van der Waals surface area contributed by atoms with Gasteiger partial charge in [-0.05, 0) is 36.6 Å². The van der Waals surface area contributed by atoms with Crippen LogP contribution in [0, 0.1) is 0 Å². The molecule has 2 N–H and O–H groups in total. The fourth-order valence-corrected chi connectivity index (χ4v) is 3.41. The predicted octanol–water partition coefficient (Wildman–Crippen LogP) is 3.60. The number of halogens is 1. The molecule has 7 heteroatoms. The van der Waals surface area contributed by atoms with E-state index in [1.54, 1.807) is 41.2 Å². The number of aliphatic carboxylic acids is 1. The SMILES string of the molecule is O=C(O)C[C@H](NC(=O)c1ccnn1C1CCCC1)c1ccc(Cl)cc1. The predicted molar refractivity (Wildman–Crippen MR) is 93.6 cm³/mol. The van der Waals surface area contributed by atoms with Crippen molar-refractivity contribution in [1.29, 1.82) is 0 Å². The van der Waals surface area contributed by atoms with E-state index in [4.69, 9.17) is 11.6 Å².